The van der Waals surface area contributed by atoms with E-state index in [1.54, 1.807) is 0 Å². The van der Waals surface area contributed by atoms with E-state index in [4.69, 9.17) is 10.5 Å². The Hall–Kier alpha value is -1.22. The fourth-order valence-electron chi connectivity index (χ4n) is 1.96. The summed E-state index contributed by atoms with van der Waals surface area (Å²) in [5.74, 6) is 1.69. The molecule has 1 aliphatic rings. The van der Waals surface area contributed by atoms with Gasteiger partial charge in [0.1, 0.15) is 5.75 Å². The van der Waals surface area contributed by atoms with Gasteiger partial charge in [-0.05, 0) is 31.5 Å². The SMILES string of the molecule is CN1CC(CCOc2cccc(N)c2)C1. The van der Waals surface area contributed by atoms with E-state index in [2.05, 4.69) is 11.9 Å². The molecule has 2 N–H and O–H groups in total. The quantitative estimate of drug-likeness (QED) is 0.760. The summed E-state index contributed by atoms with van der Waals surface area (Å²) in [6, 6.07) is 7.60. The molecule has 0 aromatic heterocycles. The monoisotopic (exact) mass is 206 g/mol. The first kappa shape index (κ1) is 10.3. The van der Waals surface area contributed by atoms with Crippen LogP contribution in [0.25, 0.3) is 0 Å². The third-order valence-electron chi connectivity index (χ3n) is 2.79. The Kier molecular flexibility index (Phi) is 3.11. The minimum Gasteiger partial charge on any atom is -0.494 e. The molecule has 15 heavy (non-hydrogen) atoms. The lowest BCUT2D eigenvalue weighted by molar-refractivity contribution is 0.110. The molecule has 1 aromatic carbocycles. The van der Waals surface area contributed by atoms with E-state index >= 15 is 0 Å². The molecular weight excluding hydrogens is 188 g/mol. The highest BCUT2D eigenvalue weighted by Gasteiger charge is 2.22. The lowest BCUT2D eigenvalue weighted by Gasteiger charge is -2.36. The molecule has 0 saturated carbocycles. The fraction of sp³-hybridized carbons (Fsp3) is 0.500. The van der Waals surface area contributed by atoms with Crippen LogP contribution in [-0.2, 0) is 0 Å². The number of rotatable bonds is 4. The smallest absolute Gasteiger partial charge is 0.121 e. The van der Waals surface area contributed by atoms with Crippen LogP contribution in [0.2, 0.25) is 0 Å². The van der Waals surface area contributed by atoms with E-state index in [9.17, 15) is 0 Å². The summed E-state index contributed by atoms with van der Waals surface area (Å²) < 4.78 is 5.63. The number of nitrogen functional groups attached to an aromatic ring is 1. The highest BCUT2D eigenvalue weighted by Crippen LogP contribution is 2.19. The number of nitrogens with zero attached hydrogens (tertiary/aromatic N) is 1. The predicted octanol–water partition coefficient (Wildman–Crippen LogP) is 1.60. The van der Waals surface area contributed by atoms with Crippen LogP contribution in [-0.4, -0.2) is 31.6 Å². The molecule has 0 atom stereocenters. The van der Waals surface area contributed by atoms with Crippen molar-refractivity contribution in [1.82, 2.24) is 4.90 Å². The van der Waals surface area contributed by atoms with Gasteiger partial charge < -0.3 is 15.4 Å². The molecule has 1 heterocycles. The van der Waals surface area contributed by atoms with Crippen LogP contribution in [0.5, 0.6) is 5.75 Å². The number of anilines is 1. The van der Waals surface area contributed by atoms with Gasteiger partial charge in [0.15, 0.2) is 0 Å². The van der Waals surface area contributed by atoms with Crippen LogP contribution in [0.15, 0.2) is 24.3 Å². The Labute approximate surface area is 90.8 Å². The molecule has 3 nitrogen and oxygen atoms in total. The van der Waals surface area contributed by atoms with Crippen molar-refractivity contribution in [3.63, 3.8) is 0 Å². The molecule has 2 rings (SSSR count). The lowest BCUT2D eigenvalue weighted by atomic mass is 9.98. The molecule has 82 valence electrons. The molecule has 1 aromatic rings. The highest BCUT2D eigenvalue weighted by atomic mass is 16.5. The molecule has 1 fully saturated rings. The van der Waals surface area contributed by atoms with E-state index in [-0.39, 0.29) is 0 Å². The molecule has 0 unspecified atom stereocenters. The van der Waals surface area contributed by atoms with Crippen LogP contribution < -0.4 is 10.5 Å². The van der Waals surface area contributed by atoms with Crippen molar-refractivity contribution >= 4 is 5.69 Å². The summed E-state index contributed by atoms with van der Waals surface area (Å²) in [6.45, 7) is 3.21. The summed E-state index contributed by atoms with van der Waals surface area (Å²) >= 11 is 0. The molecular formula is C12H18N2O. The molecule has 0 radical (unpaired) electrons. The van der Waals surface area contributed by atoms with Crippen molar-refractivity contribution < 1.29 is 4.74 Å². The van der Waals surface area contributed by atoms with Gasteiger partial charge in [-0.1, -0.05) is 6.07 Å². The Bertz CT molecular complexity index is 321. The number of hydrogen-bond donors (Lipinski definition) is 1. The zero-order valence-electron chi connectivity index (χ0n) is 9.15. The molecule has 0 amide bonds. The summed E-state index contributed by atoms with van der Waals surface area (Å²) in [4.78, 5) is 2.32. The van der Waals surface area contributed by atoms with Crippen molar-refractivity contribution in [3.8, 4) is 5.75 Å². The number of ether oxygens (including phenoxy) is 1. The number of likely N-dealkylation sites (tertiary alicyclic amines) is 1. The van der Waals surface area contributed by atoms with Crippen LogP contribution in [0.3, 0.4) is 0 Å². The third kappa shape index (κ3) is 2.86. The Morgan fingerprint density at radius 3 is 2.93 bits per heavy atom. The summed E-state index contributed by atoms with van der Waals surface area (Å²) in [5.41, 5.74) is 6.42. The van der Waals surface area contributed by atoms with E-state index in [1.165, 1.54) is 13.1 Å². The number of benzene rings is 1. The van der Waals surface area contributed by atoms with E-state index in [0.717, 1.165) is 30.4 Å². The first-order valence-corrected chi connectivity index (χ1v) is 5.41. The topological polar surface area (TPSA) is 38.5 Å². The van der Waals surface area contributed by atoms with E-state index in [0.29, 0.717) is 0 Å². The van der Waals surface area contributed by atoms with Gasteiger partial charge in [0, 0.05) is 24.8 Å². The van der Waals surface area contributed by atoms with Gasteiger partial charge in [0.2, 0.25) is 0 Å². The normalized spacial score (nSPS) is 17.4. The average molecular weight is 206 g/mol. The average Bonchev–Trinajstić information content (AvgIpc) is 2.15. The van der Waals surface area contributed by atoms with E-state index in [1.807, 2.05) is 24.3 Å². The zero-order chi connectivity index (χ0) is 10.7. The van der Waals surface area contributed by atoms with Gasteiger partial charge in [-0.2, -0.15) is 0 Å². The molecule has 0 bridgehead atoms. The predicted molar refractivity (Wildman–Crippen MR) is 62.0 cm³/mol. The molecule has 1 aliphatic heterocycles. The molecule has 0 spiro atoms. The fourth-order valence-corrected chi connectivity index (χ4v) is 1.96. The van der Waals surface area contributed by atoms with Gasteiger partial charge in [-0.15, -0.1) is 0 Å². The second-order valence-electron chi connectivity index (χ2n) is 4.30. The van der Waals surface area contributed by atoms with Gasteiger partial charge in [-0.3, -0.25) is 0 Å². The molecule has 1 saturated heterocycles. The summed E-state index contributed by atoms with van der Waals surface area (Å²) in [5, 5.41) is 0. The summed E-state index contributed by atoms with van der Waals surface area (Å²) in [7, 11) is 2.15. The molecule has 3 heteroatoms. The minimum absolute atomic E-state index is 0.760. The van der Waals surface area contributed by atoms with Crippen LogP contribution in [0.4, 0.5) is 5.69 Å². The van der Waals surface area contributed by atoms with Gasteiger partial charge in [0.25, 0.3) is 0 Å². The molecule has 0 aliphatic carbocycles. The minimum atomic E-state index is 0.760. The second-order valence-corrected chi connectivity index (χ2v) is 4.30. The standard InChI is InChI=1S/C12H18N2O/c1-14-8-10(9-14)5-6-15-12-4-2-3-11(13)7-12/h2-4,7,10H,5-6,8-9,13H2,1H3. The van der Waals surface area contributed by atoms with E-state index < -0.39 is 0 Å². The van der Waals surface area contributed by atoms with Crippen molar-refractivity contribution in [2.24, 2.45) is 5.92 Å². The van der Waals surface area contributed by atoms with Gasteiger partial charge in [-0.25, -0.2) is 0 Å². The van der Waals surface area contributed by atoms with Crippen molar-refractivity contribution in [1.29, 1.82) is 0 Å². The first-order valence-electron chi connectivity index (χ1n) is 5.41. The third-order valence-corrected chi connectivity index (χ3v) is 2.79. The Morgan fingerprint density at radius 2 is 2.27 bits per heavy atom. The van der Waals surface area contributed by atoms with Gasteiger partial charge in [0.05, 0.1) is 6.61 Å². The largest absolute Gasteiger partial charge is 0.494 e. The van der Waals surface area contributed by atoms with Crippen LogP contribution in [0, 0.1) is 5.92 Å². The highest BCUT2D eigenvalue weighted by molar-refractivity contribution is 5.43. The lowest BCUT2D eigenvalue weighted by Crippen LogP contribution is -2.44. The maximum atomic E-state index is 5.66. The van der Waals surface area contributed by atoms with Crippen molar-refractivity contribution in [2.75, 3.05) is 32.5 Å². The maximum Gasteiger partial charge on any atom is 0.121 e. The number of nitrogens with two attached hydrogens (primary N) is 1. The van der Waals surface area contributed by atoms with Gasteiger partial charge >= 0.3 is 0 Å². The first-order chi connectivity index (χ1) is 7.24. The summed E-state index contributed by atoms with van der Waals surface area (Å²) in [6.07, 6.45) is 1.14. The van der Waals surface area contributed by atoms with Crippen LogP contribution >= 0.6 is 0 Å². The Balaban J connectivity index is 1.69. The maximum absolute atomic E-state index is 5.66. The van der Waals surface area contributed by atoms with Crippen molar-refractivity contribution in [2.45, 2.75) is 6.42 Å². The Morgan fingerprint density at radius 1 is 1.47 bits per heavy atom. The van der Waals surface area contributed by atoms with Crippen molar-refractivity contribution in [3.05, 3.63) is 24.3 Å². The second kappa shape index (κ2) is 4.53. The number of hydrogen-bond acceptors (Lipinski definition) is 3. The zero-order valence-corrected chi connectivity index (χ0v) is 9.15. The van der Waals surface area contributed by atoms with Crippen LogP contribution in [0.1, 0.15) is 6.42 Å².